The average Bonchev–Trinajstić information content (AvgIpc) is 3.42. The van der Waals surface area contributed by atoms with Crippen LogP contribution in [0.2, 0.25) is 0 Å². The lowest BCUT2D eigenvalue weighted by Gasteiger charge is -2.51. The highest BCUT2D eigenvalue weighted by Gasteiger charge is 2.52. The fraction of sp³-hybridized carbons (Fsp3) is 0.281. The summed E-state index contributed by atoms with van der Waals surface area (Å²) in [6, 6.07) is 32.3. The molecule has 5 nitrogen and oxygen atoms in total. The van der Waals surface area contributed by atoms with E-state index in [2.05, 4.69) is 94.8 Å². The molecule has 3 heterocycles. The van der Waals surface area contributed by atoms with Crippen LogP contribution in [0.3, 0.4) is 0 Å². The molecule has 4 aromatic carbocycles. The molecule has 0 aromatic heterocycles. The predicted molar refractivity (Wildman–Crippen MR) is 147 cm³/mol. The van der Waals surface area contributed by atoms with Gasteiger partial charge in [0.15, 0.2) is 11.5 Å². The molecule has 1 saturated heterocycles. The van der Waals surface area contributed by atoms with Crippen LogP contribution in [0.5, 0.6) is 11.5 Å². The number of benzene rings is 4. The molecule has 4 aromatic rings. The third-order valence-corrected chi connectivity index (χ3v) is 8.18. The molecule has 0 bridgehead atoms. The molecule has 186 valence electrons. The number of fused-ring (bicyclic) bond motifs is 5. The zero-order valence-corrected chi connectivity index (χ0v) is 21.1. The lowest BCUT2D eigenvalue weighted by Crippen LogP contribution is -2.59. The van der Waals surface area contributed by atoms with Gasteiger partial charge in [-0.1, -0.05) is 78.9 Å². The summed E-state index contributed by atoms with van der Waals surface area (Å²) < 4.78 is 12.7. The maximum absolute atomic E-state index is 6.92. The molecule has 0 saturated carbocycles. The molecule has 1 atom stereocenters. The topological polar surface area (TPSA) is 37.3 Å². The van der Waals surface area contributed by atoms with Gasteiger partial charge >= 0.3 is 0 Å². The summed E-state index contributed by atoms with van der Waals surface area (Å²) >= 11 is 0. The lowest BCUT2D eigenvalue weighted by atomic mass is 9.90. The second-order valence-electron chi connectivity index (χ2n) is 10.4. The Balaban J connectivity index is 1.23. The van der Waals surface area contributed by atoms with Crippen molar-refractivity contribution in [2.45, 2.75) is 37.6 Å². The molecule has 37 heavy (non-hydrogen) atoms. The highest BCUT2D eigenvalue weighted by molar-refractivity contribution is 6.04. The van der Waals surface area contributed by atoms with Crippen LogP contribution >= 0.6 is 0 Å². The van der Waals surface area contributed by atoms with E-state index >= 15 is 0 Å². The summed E-state index contributed by atoms with van der Waals surface area (Å²) in [4.78, 5) is 2.53. The normalized spacial score (nSPS) is 20.3. The van der Waals surface area contributed by atoms with Gasteiger partial charge in [-0.2, -0.15) is 5.10 Å². The van der Waals surface area contributed by atoms with Gasteiger partial charge in [-0.15, -0.1) is 0 Å². The van der Waals surface area contributed by atoms with Crippen LogP contribution in [0.25, 0.3) is 10.8 Å². The Labute approximate surface area is 217 Å². The van der Waals surface area contributed by atoms with Gasteiger partial charge in [-0.3, -0.25) is 4.90 Å². The molecule has 7 rings (SSSR count). The van der Waals surface area contributed by atoms with E-state index in [0.29, 0.717) is 0 Å². The van der Waals surface area contributed by atoms with Crippen LogP contribution in [-0.2, 0) is 6.54 Å². The summed E-state index contributed by atoms with van der Waals surface area (Å²) in [6.45, 7) is 2.89. The molecule has 3 aliphatic rings. The van der Waals surface area contributed by atoms with E-state index < -0.39 is 5.72 Å². The van der Waals surface area contributed by atoms with Crippen molar-refractivity contribution in [1.82, 2.24) is 9.91 Å². The third-order valence-electron chi connectivity index (χ3n) is 8.18. The average molecular weight is 490 g/mol. The van der Waals surface area contributed by atoms with Gasteiger partial charge in [0.1, 0.15) is 0 Å². The highest BCUT2D eigenvalue weighted by atomic mass is 16.5. The first-order chi connectivity index (χ1) is 18.2. The second-order valence-corrected chi connectivity index (χ2v) is 10.4. The number of nitrogens with zero attached hydrogens (tertiary/aromatic N) is 3. The van der Waals surface area contributed by atoms with Crippen LogP contribution in [0.4, 0.5) is 0 Å². The number of piperidine rings is 1. The standard InChI is InChI=1S/C32H31N3O2/c1-36-30-13-7-12-27-29-21-28(26-15-14-24-10-5-6-11-25(24)20-26)33-35(29)32(37-31(27)30)16-18-34(19-17-32)22-23-8-3-2-4-9-23/h2-15,20,29H,16-19,21-22H2,1H3. The van der Waals surface area contributed by atoms with Crippen molar-refractivity contribution >= 4 is 16.5 Å². The molecular weight excluding hydrogens is 458 g/mol. The van der Waals surface area contributed by atoms with E-state index in [1.54, 1.807) is 7.11 Å². The molecule has 1 fully saturated rings. The van der Waals surface area contributed by atoms with E-state index in [0.717, 1.165) is 61.7 Å². The molecule has 0 N–H and O–H groups in total. The number of hydrogen-bond acceptors (Lipinski definition) is 5. The summed E-state index contributed by atoms with van der Waals surface area (Å²) in [6.07, 6.45) is 2.64. The largest absolute Gasteiger partial charge is 0.493 e. The highest BCUT2D eigenvalue weighted by Crippen LogP contribution is 2.52. The molecule has 0 aliphatic carbocycles. The lowest BCUT2D eigenvalue weighted by molar-refractivity contribution is -0.151. The van der Waals surface area contributed by atoms with Gasteiger partial charge < -0.3 is 9.47 Å². The minimum absolute atomic E-state index is 0.140. The van der Waals surface area contributed by atoms with Crippen molar-refractivity contribution in [3.05, 3.63) is 108 Å². The van der Waals surface area contributed by atoms with Gasteiger partial charge in [0.2, 0.25) is 5.72 Å². The number of rotatable bonds is 4. The second kappa shape index (κ2) is 8.93. The Kier molecular flexibility index (Phi) is 5.40. The summed E-state index contributed by atoms with van der Waals surface area (Å²) in [5.74, 6) is 1.69. The maximum Gasteiger partial charge on any atom is 0.200 e. The monoisotopic (exact) mass is 489 g/mol. The van der Waals surface area contributed by atoms with Crippen molar-refractivity contribution in [3.8, 4) is 11.5 Å². The molecule has 5 heteroatoms. The van der Waals surface area contributed by atoms with E-state index in [1.165, 1.54) is 21.9 Å². The van der Waals surface area contributed by atoms with Crippen molar-refractivity contribution < 1.29 is 9.47 Å². The molecular formula is C32H31N3O2. The van der Waals surface area contributed by atoms with Gasteiger partial charge in [0.05, 0.1) is 18.9 Å². The van der Waals surface area contributed by atoms with Gasteiger partial charge in [0.25, 0.3) is 0 Å². The number of hydrazone groups is 1. The van der Waals surface area contributed by atoms with Crippen molar-refractivity contribution in [2.75, 3.05) is 20.2 Å². The van der Waals surface area contributed by atoms with Crippen LogP contribution in [0, 0.1) is 0 Å². The van der Waals surface area contributed by atoms with E-state index in [9.17, 15) is 0 Å². The molecule has 0 amide bonds. The number of ether oxygens (including phenoxy) is 2. The summed E-state index contributed by atoms with van der Waals surface area (Å²) in [5.41, 5.74) is 4.36. The van der Waals surface area contributed by atoms with Crippen LogP contribution in [0.1, 0.15) is 42.0 Å². The molecule has 0 radical (unpaired) electrons. The fourth-order valence-electron chi connectivity index (χ4n) is 6.21. The number of hydrogen-bond donors (Lipinski definition) is 0. The van der Waals surface area contributed by atoms with Crippen LogP contribution in [-0.4, -0.2) is 41.5 Å². The summed E-state index contributed by atoms with van der Waals surface area (Å²) in [5, 5.41) is 10.1. The Morgan fingerprint density at radius 2 is 1.68 bits per heavy atom. The summed E-state index contributed by atoms with van der Waals surface area (Å²) in [7, 11) is 1.73. The van der Waals surface area contributed by atoms with Crippen LogP contribution < -0.4 is 9.47 Å². The number of likely N-dealkylation sites (tertiary alicyclic amines) is 1. The minimum atomic E-state index is -0.474. The van der Waals surface area contributed by atoms with Crippen molar-refractivity contribution in [2.24, 2.45) is 5.10 Å². The zero-order valence-electron chi connectivity index (χ0n) is 21.1. The van der Waals surface area contributed by atoms with E-state index in [4.69, 9.17) is 14.6 Å². The molecule has 3 aliphatic heterocycles. The van der Waals surface area contributed by atoms with Gasteiger partial charge in [0, 0.05) is 44.5 Å². The van der Waals surface area contributed by atoms with Crippen molar-refractivity contribution in [3.63, 3.8) is 0 Å². The van der Waals surface area contributed by atoms with E-state index in [-0.39, 0.29) is 6.04 Å². The Hall–Kier alpha value is -3.83. The van der Waals surface area contributed by atoms with Gasteiger partial charge in [-0.25, -0.2) is 5.01 Å². The number of methoxy groups -OCH3 is 1. The smallest absolute Gasteiger partial charge is 0.200 e. The SMILES string of the molecule is COc1cccc2c1OC1(CCN(Cc3ccccc3)CC1)N1N=C(c3ccc4ccccc4c3)CC21. The van der Waals surface area contributed by atoms with E-state index in [1.807, 2.05) is 6.07 Å². The minimum Gasteiger partial charge on any atom is -0.493 e. The Morgan fingerprint density at radius 1 is 0.892 bits per heavy atom. The zero-order chi connectivity index (χ0) is 24.8. The first-order valence-corrected chi connectivity index (χ1v) is 13.2. The van der Waals surface area contributed by atoms with Crippen LogP contribution in [0.15, 0.2) is 96.1 Å². The Morgan fingerprint density at radius 3 is 2.49 bits per heavy atom. The Bertz CT molecular complexity index is 1470. The third kappa shape index (κ3) is 3.85. The fourth-order valence-corrected chi connectivity index (χ4v) is 6.21. The van der Waals surface area contributed by atoms with Gasteiger partial charge in [-0.05, 0) is 34.0 Å². The first-order valence-electron chi connectivity index (χ1n) is 13.2. The maximum atomic E-state index is 6.92. The van der Waals surface area contributed by atoms with Crippen molar-refractivity contribution in [1.29, 1.82) is 0 Å². The first kappa shape index (κ1) is 22.4. The molecule has 1 unspecified atom stereocenters. The number of para-hydroxylation sites is 1. The quantitative estimate of drug-likeness (QED) is 0.333. The predicted octanol–water partition coefficient (Wildman–Crippen LogP) is 6.38. The molecule has 1 spiro atoms.